The van der Waals surface area contributed by atoms with E-state index in [0.29, 0.717) is 23.0 Å². The van der Waals surface area contributed by atoms with Gasteiger partial charge in [0, 0.05) is 11.6 Å². The minimum absolute atomic E-state index is 0.168. The number of ether oxygens (including phenoxy) is 1. The van der Waals surface area contributed by atoms with Crippen LogP contribution >= 0.6 is 11.6 Å². The van der Waals surface area contributed by atoms with Gasteiger partial charge in [0.25, 0.3) is 5.56 Å². The van der Waals surface area contributed by atoms with Gasteiger partial charge in [0.2, 0.25) is 0 Å². The Morgan fingerprint density at radius 1 is 1.28 bits per heavy atom. The lowest BCUT2D eigenvalue weighted by Gasteiger charge is -2.13. The zero-order valence-electron chi connectivity index (χ0n) is 16.6. The molecule has 154 valence electrons. The maximum atomic E-state index is 13.2. The summed E-state index contributed by atoms with van der Waals surface area (Å²) >= 11 is 6.11. The second-order valence-electron chi connectivity index (χ2n) is 7.09. The van der Waals surface area contributed by atoms with Gasteiger partial charge in [-0.15, -0.1) is 0 Å². The van der Waals surface area contributed by atoms with Gasteiger partial charge < -0.3 is 9.30 Å². The van der Waals surface area contributed by atoms with Crippen LogP contribution in [0.4, 0.5) is 0 Å². The Hall–Kier alpha value is -2.87. The van der Waals surface area contributed by atoms with Crippen molar-refractivity contribution in [3.05, 3.63) is 56.5 Å². The summed E-state index contributed by atoms with van der Waals surface area (Å²) in [6.45, 7) is 6.07. The third kappa shape index (κ3) is 4.27. The second-order valence-corrected chi connectivity index (χ2v) is 7.52. The van der Waals surface area contributed by atoms with Crippen LogP contribution < -0.4 is 11.2 Å². The average Bonchev–Trinajstić information content (AvgIpc) is 3.05. The first-order valence-electron chi connectivity index (χ1n) is 9.45. The molecule has 0 bridgehead atoms. The van der Waals surface area contributed by atoms with Gasteiger partial charge in [-0.25, -0.2) is 14.3 Å². The highest BCUT2D eigenvalue weighted by molar-refractivity contribution is 6.30. The molecule has 3 rings (SSSR count). The molecule has 1 aromatic carbocycles. The third-order valence-electron chi connectivity index (χ3n) is 4.50. The van der Waals surface area contributed by atoms with E-state index < -0.39 is 17.2 Å². The molecule has 0 aliphatic carbocycles. The molecule has 0 amide bonds. The molecule has 0 saturated carbocycles. The molecule has 0 aliphatic heterocycles. The first-order valence-corrected chi connectivity index (χ1v) is 9.83. The van der Waals surface area contributed by atoms with Gasteiger partial charge in [0.05, 0.1) is 18.6 Å². The second kappa shape index (κ2) is 8.65. The predicted molar refractivity (Wildman–Crippen MR) is 111 cm³/mol. The molecule has 0 saturated heterocycles. The zero-order chi connectivity index (χ0) is 21.1. The number of halogens is 1. The van der Waals surface area contributed by atoms with Gasteiger partial charge >= 0.3 is 11.7 Å². The highest BCUT2D eigenvalue weighted by Gasteiger charge is 2.20. The fourth-order valence-electron chi connectivity index (χ4n) is 3.08. The SMILES string of the molecule is CCOC(=O)Cn1cnc2c1c(=O)n(CCC(C)C)c(=O)n2-c1cccc(Cl)c1. The molecule has 2 aromatic heterocycles. The number of esters is 1. The van der Waals surface area contributed by atoms with Crippen molar-refractivity contribution in [3.63, 3.8) is 0 Å². The lowest BCUT2D eigenvalue weighted by atomic mass is 10.1. The van der Waals surface area contributed by atoms with E-state index in [1.54, 1.807) is 31.2 Å². The molecule has 0 N–H and O–H groups in total. The largest absolute Gasteiger partial charge is 0.465 e. The highest BCUT2D eigenvalue weighted by Crippen LogP contribution is 2.17. The fraction of sp³-hybridized carbons (Fsp3) is 0.400. The number of hydrogen-bond acceptors (Lipinski definition) is 5. The van der Waals surface area contributed by atoms with Crippen molar-refractivity contribution in [1.29, 1.82) is 0 Å². The lowest BCUT2D eigenvalue weighted by molar-refractivity contribution is -0.143. The number of aromatic nitrogens is 4. The van der Waals surface area contributed by atoms with Crippen molar-refractivity contribution in [2.75, 3.05) is 6.61 Å². The standard InChI is InChI=1S/C20H23ClN4O4/c1-4-29-16(26)11-23-12-22-18-17(23)19(27)24(9-8-13(2)3)20(28)25(18)15-7-5-6-14(21)10-15/h5-7,10,12-13H,4,8-9,11H2,1-3H3. The summed E-state index contributed by atoms with van der Waals surface area (Å²) < 4.78 is 8.94. The quantitative estimate of drug-likeness (QED) is 0.550. The van der Waals surface area contributed by atoms with E-state index in [9.17, 15) is 14.4 Å². The molecule has 0 unspecified atom stereocenters. The van der Waals surface area contributed by atoms with Crippen molar-refractivity contribution in [3.8, 4) is 5.69 Å². The van der Waals surface area contributed by atoms with Gasteiger partial charge in [-0.1, -0.05) is 31.5 Å². The third-order valence-corrected chi connectivity index (χ3v) is 4.74. The van der Waals surface area contributed by atoms with Crippen LogP contribution in [0.3, 0.4) is 0 Å². The van der Waals surface area contributed by atoms with Gasteiger partial charge in [0.15, 0.2) is 11.2 Å². The summed E-state index contributed by atoms with van der Waals surface area (Å²) in [7, 11) is 0. The Kier molecular flexibility index (Phi) is 6.22. The highest BCUT2D eigenvalue weighted by atomic mass is 35.5. The van der Waals surface area contributed by atoms with Crippen LogP contribution in [0.15, 0.2) is 40.2 Å². The summed E-state index contributed by atoms with van der Waals surface area (Å²) in [5.74, 6) is -0.179. The Labute approximate surface area is 172 Å². The summed E-state index contributed by atoms with van der Waals surface area (Å²) in [6.07, 6.45) is 2.03. The normalized spacial score (nSPS) is 11.3. The van der Waals surface area contributed by atoms with Crippen LogP contribution in [-0.2, 0) is 22.6 Å². The predicted octanol–water partition coefficient (Wildman–Crippen LogP) is 2.61. The molecule has 8 nitrogen and oxygen atoms in total. The summed E-state index contributed by atoms with van der Waals surface area (Å²) in [6, 6.07) is 6.76. The lowest BCUT2D eigenvalue weighted by Crippen LogP contribution is -2.40. The molecule has 3 aromatic rings. The van der Waals surface area contributed by atoms with E-state index in [-0.39, 0.29) is 30.9 Å². The van der Waals surface area contributed by atoms with E-state index in [0.717, 1.165) is 0 Å². The number of carbonyl (C=O) groups excluding carboxylic acids is 1. The van der Waals surface area contributed by atoms with Crippen molar-refractivity contribution in [2.45, 2.75) is 40.3 Å². The average molecular weight is 419 g/mol. The minimum atomic E-state index is -0.494. The smallest absolute Gasteiger partial charge is 0.337 e. The molecular weight excluding hydrogens is 396 g/mol. The molecule has 29 heavy (non-hydrogen) atoms. The molecule has 0 spiro atoms. The fourth-order valence-corrected chi connectivity index (χ4v) is 3.26. The molecule has 0 fully saturated rings. The number of rotatable bonds is 7. The molecule has 2 heterocycles. The van der Waals surface area contributed by atoms with E-state index in [1.165, 1.54) is 20.0 Å². The van der Waals surface area contributed by atoms with E-state index >= 15 is 0 Å². The van der Waals surface area contributed by atoms with Crippen LogP contribution in [0.25, 0.3) is 16.9 Å². The number of carbonyl (C=O) groups is 1. The summed E-state index contributed by atoms with van der Waals surface area (Å²) in [5, 5.41) is 0.452. The first kappa shape index (κ1) is 20.9. The molecular formula is C20H23ClN4O4. The van der Waals surface area contributed by atoms with Crippen LogP contribution in [0.5, 0.6) is 0 Å². The van der Waals surface area contributed by atoms with Gasteiger partial charge in [-0.3, -0.25) is 14.2 Å². The van der Waals surface area contributed by atoms with Crippen LogP contribution in [0, 0.1) is 5.92 Å². The van der Waals surface area contributed by atoms with Crippen molar-refractivity contribution >= 4 is 28.7 Å². The Morgan fingerprint density at radius 3 is 2.69 bits per heavy atom. The monoisotopic (exact) mass is 418 g/mol. The minimum Gasteiger partial charge on any atom is -0.465 e. The number of hydrogen-bond donors (Lipinski definition) is 0. The van der Waals surface area contributed by atoms with Crippen molar-refractivity contribution in [2.24, 2.45) is 5.92 Å². The molecule has 0 radical (unpaired) electrons. The van der Waals surface area contributed by atoms with Crippen molar-refractivity contribution < 1.29 is 9.53 Å². The first-order chi connectivity index (χ1) is 13.8. The van der Waals surface area contributed by atoms with E-state index in [1.807, 2.05) is 13.8 Å². The topological polar surface area (TPSA) is 88.1 Å². The molecule has 0 aliphatic rings. The summed E-state index contributed by atoms with van der Waals surface area (Å²) in [4.78, 5) is 42.6. The Balaban J connectivity index is 2.28. The molecule has 9 heteroatoms. The van der Waals surface area contributed by atoms with Gasteiger partial charge in [-0.2, -0.15) is 0 Å². The van der Waals surface area contributed by atoms with Gasteiger partial charge in [0.1, 0.15) is 6.54 Å². The Morgan fingerprint density at radius 2 is 2.03 bits per heavy atom. The van der Waals surface area contributed by atoms with Crippen LogP contribution in [-0.4, -0.2) is 31.3 Å². The van der Waals surface area contributed by atoms with Crippen molar-refractivity contribution in [1.82, 2.24) is 18.7 Å². The van der Waals surface area contributed by atoms with Crippen LogP contribution in [0.1, 0.15) is 27.2 Å². The van der Waals surface area contributed by atoms with Gasteiger partial charge in [-0.05, 0) is 37.5 Å². The maximum absolute atomic E-state index is 13.2. The number of nitrogens with zero attached hydrogens (tertiary/aromatic N) is 4. The number of fused-ring (bicyclic) bond motifs is 1. The number of benzene rings is 1. The summed E-state index contributed by atoms with van der Waals surface area (Å²) in [5.41, 5.74) is -0.140. The molecule has 0 atom stereocenters. The van der Waals surface area contributed by atoms with E-state index in [4.69, 9.17) is 16.3 Å². The number of imidazole rings is 1. The Bertz CT molecular complexity index is 1160. The maximum Gasteiger partial charge on any atom is 0.337 e. The zero-order valence-corrected chi connectivity index (χ0v) is 17.3. The van der Waals surface area contributed by atoms with E-state index in [2.05, 4.69) is 4.98 Å². The van der Waals surface area contributed by atoms with Crippen LogP contribution in [0.2, 0.25) is 5.02 Å².